The monoisotopic (exact) mass is 322 g/mol. The average Bonchev–Trinajstić information content (AvgIpc) is 2.76. The molecule has 0 bridgehead atoms. The Hall–Kier alpha value is -3.15. The molecule has 0 N–H and O–H groups in total. The first-order valence-corrected chi connectivity index (χ1v) is 7.58. The fraction of sp³-hybridized carbons (Fsp3) is 0.167. The van der Waals surface area contributed by atoms with Crippen LogP contribution in [0.3, 0.4) is 0 Å². The Labute approximate surface area is 138 Å². The van der Waals surface area contributed by atoms with Crippen LogP contribution in [0.1, 0.15) is 31.1 Å². The van der Waals surface area contributed by atoms with Gasteiger partial charge in [-0.25, -0.2) is 4.90 Å². The largest absolute Gasteiger partial charge is 0.491 e. The fourth-order valence-electron chi connectivity index (χ4n) is 2.97. The predicted octanol–water partition coefficient (Wildman–Crippen LogP) is 1.95. The average molecular weight is 322 g/mol. The second kappa shape index (κ2) is 5.19. The molecule has 2 aliphatic rings. The molecule has 0 aromatic heterocycles. The van der Waals surface area contributed by atoms with Gasteiger partial charge in [0.1, 0.15) is 12.4 Å². The van der Waals surface area contributed by atoms with Crippen LogP contribution in [-0.4, -0.2) is 42.8 Å². The molecule has 4 rings (SSSR count). The highest BCUT2D eigenvalue weighted by Gasteiger charge is 2.37. The molecule has 0 fully saturated rings. The van der Waals surface area contributed by atoms with E-state index in [0.717, 1.165) is 4.90 Å². The summed E-state index contributed by atoms with van der Waals surface area (Å²) in [6, 6.07) is 11.5. The van der Waals surface area contributed by atoms with Crippen molar-refractivity contribution in [1.82, 2.24) is 4.90 Å². The lowest BCUT2D eigenvalue weighted by Gasteiger charge is -2.17. The van der Waals surface area contributed by atoms with Crippen LogP contribution in [0.5, 0.6) is 5.75 Å². The highest BCUT2D eigenvalue weighted by Crippen LogP contribution is 2.32. The van der Waals surface area contributed by atoms with E-state index in [4.69, 9.17) is 4.74 Å². The maximum Gasteiger partial charge on any atom is 0.266 e. The van der Waals surface area contributed by atoms with Crippen molar-refractivity contribution in [1.29, 1.82) is 0 Å². The first-order valence-electron chi connectivity index (χ1n) is 7.58. The topological polar surface area (TPSA) is 66.9 Å². The molecule has 6 nitrogen and oxygen atoms in total. The molecule has 3 amide bonds. The normalized spacial score (nSPS) is 16.6. The Balaban J connectivity index is 1.80. The van der Waals surface area contributed by atoms with Gasteiger partial charge in [0.15, 0.2) is 0 Å². The van der Waals surface area contributed by atoms with Crippen molar-refractivity contribution in [3.63, 3.8) is 0 Å². The molecular weight excluding hydrogens is 308 g/mol. The van der Waals surface area contributed by atoms with Gasteiger partial charge in [-0.05, 0) is 30.3 Å². The Morgan fingerprint density at radius 3 is 2.21 bits per heavy atom. The number of imide groups is 1. The highest BCUT2D eigenvalue weighted by molar-refractivity contribution is 6.34. The number of rotatable bonds is 1. The number of benzene rings is 2. The zero-order valence-electron chi connectivity index (χ0n) is 13.0. The minimum Gasteiger partial charge on any atom is -0.491 e. The van der Waals surface area contributed by atoms with Gasteiger partial charge in [0.05, 0.1) is 28.9 Å². The molecule has 120 valence electrons. The van der Waals surface area contributed by atoms with E-state index in [1.54, 1.807) is 54.4 Å². The molecule has 24 heavy (non-hydrogen) atoms. The number of likely N-dealkylation sites (N-methyl/N-ethyl adjacent to an activating group) is 1. The molecule has 2 aliphatic heterocycles. The van der Waals surface area contributed by atoms with Gasteiger partial charge in [0.25, 0.3) is 17.7 Å². The van der Waals surface area contributed by atoms with Crippen LogP contribution in [0.15, 0.2) is 42.5 Å². The Bertz CT molecular complexity index is 855. The first kappa shape index (κ1) is 14.4. The minimum atomic E-state index is -0.383. The van der Waals surface area contributed by atoms with Gasteiger partial charge >= 0.3 is 0 Å². The molecule has 2 aromatic rings. The smallest absolute Gasteiger partial charge is 0.266 e. The summed E-state index contributed by atoms with van der Waals surface area (Å²) < 4.78 is 5.57. The Morgan fingerprint density at radius 2 is 1.54 bits per heavy atom. The first-order chi connectivity index (χ1) is 11.6. The molecule has 2 heterocycles. The summed E-state index contributed by atoms with van der Waals surface area (Å²) in [5, 5.41) is 0. The van der Waals surface area contributed by atoms with Gasteiger partial charge in [0, 0.05) is 7.05 Å². The zero-order chi connectivity index (χ0) is 16.8. The van der Waals surface area contributed by atoms with Crippen molar-refractivity contribution >= 4 is 23.4 Å². The molecular formula is C18H14N2O4. The maximum absolute atomic E-state index is 12.6. The minimum absolute atomic E-state index is 0.194. The van der Waals surface area contributed by atoms with Crippen molar-refractivity contribution in [2.45, 2.75) is 0 Å². The van der Waals surface area contributed by atoms with E-state index < -0.39 is 0 Å². The number of amides is 3. The van der Waals surface area contributed by atoms with E-state index in [1.165, 1.54) is 0 Å². The number of carbonyl (C=O) groups excluding carboxylic acids is 3. The van der Waals surface area contributed by atoms with Crippen LogP contribution in [0.2, 0.25) is 0 Å². The van der Waals surface area contributed by atoms with Crippen LogP contribution in [0.25, 0.3) is 0 Å². The van der Waals surface area contributed by atoms with Gasteiger partial charge in [-0.15, -0.1) is 0 Å². The third-order valence-corrected chi connectivity index (χ3v) is 4.28. The summed E-state index contributed by atoms with van der Waals surface area (Å²) in [5.74, 6) is -0.498. The quantitative estimate of drug-likeness (QED) is 0.753. The zero-order valence-corrected chi connectivity index (χ0v) is 13.0. The Morgan fingerprint density at radius 1 is 0.875 bits per heavy atom. The standard InChI is InChI=1S/C18H14N2O4/c1-19-8-9-24-15-7-6-11(10-14(15)16(19)21)20-17(22)12-4-2-3-5-13(12)18(20)23/h2-7,10H,8-9H2,1H3. The number of hydrogen-bond acceptors (Lipinski definition) is 4. The van der Waals surface area contributed by atoms with Crippen molar-refractivity contribution in [3.8, 4) is 5.75 Å². The highest BCUT2D eigenvalue weighted by atomic mass is 16.5. The number of hydrogen-bond donors (Lipinski definition) is 0. The molecule has 6 heteroatoms. The second-order valence-electron chi connectivity index (χ2n) is 5.75. The summed E-state index contributed by atoms with van der Waals surface area (Å²) in [4.78, 5) is 40.2. The summed E-state index contributed by atoms with van der Waals surface area (Å²) >= 11 is 0. The van der Waals surface area contributed by atoms with Crippen molar-refractivity contribution < 1.29 is 19.1 Å². The number of ether oxygens (including phenoxy) is 1. The molecule has 0 radical (unpaired) electrons. The van der Waals surface area contributed by atoms with E-state index in [1.807, 2.05) is 0 Å². The van der Waals surface area contributed by atoms with E-state index in [9.17, 15) is 14.4 Å². The van der Waals surface area contributed by atoms with Gasteiger partial charge < -0.3 is 9.64 Å². The van der Waals surface area contributed by atoms with Gasteiger partial charge in [-0.1, -0.05) is 12.1 Å². The number of anilines is 1. The van der Waals surface area contributed by atoms with Crippen molar-refractivity contribution in [2.75, 3.05) is 25.1 Å². The summed E-state index contributed by atoms with van der Waals surface area (Å²) in [7, 11) is 1.69. The lowest BCUT2D eigenvalue weighted by molar-refractivity contribution is 0.0795. The van der Waals surface area contributed by atoms with Gasteiger partial charge in [-0.2, -0.15) is 0 Å². The molecule has 0 saturated heterocycles. The van der Waals surface area contributed by atoms with E-state index in [0.29, 0.717) is 41.3 Å². The van der Waals surface area contributed by atoms with Crippen LogP contribution in [-0.2, 0) is 0 Å². The number of carbonyl (C=O) groups is 3. The molecule has 0 atom stereocenters. The number of fused-ring (bicyclic) bond motifs is 2. The van der Waals surface area contributed by atoms with Crippen LogP contribution < -0.4 is 9.64 Å². The van der Waals surface area contributed by atoms with Crippen LogP contribution in [0, 0.1) is 0 Å². The molecule has 0 spiro atoms. The van der Waals surface area contributed by atoms with Crippen LogP contribution in [0.4, 0.5) is 5.69 Å². The maximum atomic E-state index is 12.6. The summed E-state index contributed by atoms with van der Waals surface area (Å²) in [6.45, 7) is 0.886. The fourth-order valence-corrected chi connectivity index (χ4v) is 2.97. The third-order valence-electron chi connectivity index (χ3n) is 4.28. The second-order valence-corrected chi connectivity index (χ2v) is 5.75. The van der Waals surface area contributed by atoms with Gasteiger partial charge in [-0.3, -0.25) is 14.4 Å². The predicted molar refractivity (Wildman–Crippen MR) is 86.5 cm³/mol. The summed E-state index contributed by atoms with van der Waals surface area (Å²) in [6.07, 6.45) is 0. The van der Waals surface area contributed by atoms with Gasteiger partial charge in [0.2, 0.25) is 0 Å². The molecule has 0 unspecified atom stereocenters. The van der Waals surface area contributed by atoms with E-state index in [2.05, 4.69) is 0 Å². The molecule has 0 saturated carbocycles. The molecule has 2 aromatic carbocycles. The summed E-state index contributed by atoms with van der Waals surface area (Å²) in [5.41, 5.74) is 1.46. The lowest BCUT2D eigenvalue weighted by Crippen LogP contribution is -2.30. The third kappa shape index (κ3) is 2.00. The Kier molecular flexibility index (Phi) is 3.13. The van der Waals surface area contributed by atoms with Crippen molar-refractivity contribution in [3.05, 3.63) is 59.2 Å². The molecule has 0 aliphatic carbocycles. The SMILES string of the molecule is CN1CCOc2ccc(N3C(=O)c4ccccc4C3=O)cc2C1=O. The van der Waals surface area contributed by atoms with E-state index in [-0.39, 0.29) is 17.7 Å². The lowest BCUT2D eigenvalue weighted by atomic mass is 10.1. The van der Waals surface area contributed by atoms with Crippen LogP contribution >= 0.6 is 0 Å². The number of nitrogens with zero attached hydrogens (tertiary/aromatic N) is 2. The van der Waals surface area contributed by atoms with Crippen molar-refractivity contribution in [2.24, 2.45) is 0 Å². The van der Waals surface area contributed by atoms with E-state index >= 15 is 0 Å².